The molecule has 0 radical (unpaired) electrons. The van der Waals surface area contributed by atoms with Gasteiger partial charge in [-0.25, -0.2) is 8.78 Å². The molecule has 1 fully saturated rings. The van der Waals surface area contributed by atoms with Crippen LogP contribution in [0.1, 0.15) is 31.9 Å². The number of halogens is 2. The van der Waals surface area contributed by atoms with Gasteiger partial charge in [0, 0.05) is 25.2 Å². The number of aliphatic hydroxyl groups excluding tert-OH is 1. The van der Waals surface area contributed by atoms with Gasteiger partial charge in [0.25, 0.3) is 0 Å². The zero-order chi connectivity index (χ0) is 14.7. The van der Waals surface area contributed by atoms with Gasteiger partial charge in [-0.15, -0.1) is 0 Å². The van der Waals surface area contributed by atoms with Crippen molar-refractivity contribution in [2.24, 2.45) is 0 Å². The van der Waals surface area contributed by atoms with Crippen LogP contribution in [0, 0.1) is 11.6 Å². The van der Waals surface area contributed by atoms with Crippen molar-refractivity contribution in [3.63, 3.8) is 0 Å². The first-order valence-corrected chi connectivity index (χ1v) is 6.97. The van der Waals surface area contributed by atoms with E-state index in [4.69, 9.17) is 4.74 Å². The second-order valence-corrected chi connectivity index (χ2v) is 5.46. The Hall–Kier alpha value is -1.04. The van der Waals surface area contributed by atoms with Crippen molar-refractivity contribution in [1.82, 2.24) is 4.90 Å². The molecular weight excluding hydrogens is 264 g/mol. The van der Waals surface area contributed by atoms with Crippen molar-refractivity contribution < 1.29 is 18.6 Å². The first kappa shape index (κ1) is 15.4. The largest absolute Gasteiger partial charge is 0.388 e. The molecular formula is C15H21F2NO2. The molecule has 1 heterocycles. The molecule has 2 rings (SSSR count). The minimum absolute atomic E-state index is 0.0272. The maximum Gasteiger partial charge on any atom is 0.164 e. The van der Waals surface area contributed by atoms with Gasteiger partial charge in [0.2, 0.25) is 0 Å². The molecule has 5 heteroatoms. The van der Waals surface area contributed by atoms with Gasteiger partial charge in [-0.1, -0.05) is 12.1 Å². The van der Waals surface area contributed by atoms with E-state index in [1.807, 2.05) is 13.8 Å². The smallest absolute Gasteiger partial charge is 0.164 e. The van der Waals surface area contributed by atoms with Crippen LogP contribution in [-0.2, 0) is 4.74 Å². The highest BCUT2D eigenvalue weighted by Crippen LogP contribution is 2.22. The topological polar surface area (TPSA) is 32.7 Å². The lowest BCUT2D eigenvalue weighted by Crippen LogP contribution is -2.45. The second-order valence-electron chi connectivity index (χ2n) is 5.46. The van der Waals surface area contributed by atoms with E-state index in [2.05, 4.69) is 4.90 Å². The molecule has 0 amide bonds. The second kappa shape index (κ2) is 6.61. The SMILES string of the molecule is C[C@@H]1CN(CCC(O)c2cccc(F)c2F)C[C@H](C)O1. The van der Waals surface area contributed by atoms with Crippen LogP contribution in [0.2, 0.25) is 0 Å². The van der Waals surface area contributed by atoms with Gasteiger partial charge >= 0.3 is 0 Å². The highest BCUT2D eigenvalue weighted by Gasteiger charge is 2.23. The molecule has 1 N–H and O–H groups in total. The normalized spacial score (nSPS) is 25.6. The monoisotopic (exact) mass is 285 g/mol. The summed E-state index contributed by atoms with van der Waals surface area (Å²) in [6.07, 6.45) is -0.303. The zero-order valence-electron chi connectivity index (χ0n) is 11.9. The van der Waals surface area contributed by atoms with Gasteiger partial charge in [0.1, 0.15) is 0 Å². The number of rotatable bonds is 4. The van der Waals surface area contributed by atoms with Gasteiger partial charge in [0.05, 0.1) is 18.3 Å². The van der Waals surface area contributed by atoms with Crippen LogP contribution in [0.4, 0.5) is 8.78 Å². The van der Waals surface area contributed by atoms with Gasteiger partial charge in [-0.05, 0) is 26.3 Å². The van der Waals surface area contributed by atoms with Gasteiger partial charge in [0.15, 0.2) is 11.6 Å². The van der Waals surface area contributed by atoms with Crippen LogP contribution < -0.4 is 0 Å². The molecule has 1 aliphatic heterocycles. The predicted molar refractivity (Wildman–Crippen MR) is 72.4 cm³/mol. The fourth-order valence-electron chi connectivity index (χ4n) is 2.71. The van der Waals surface area contributed by atoms with Crippen LogP contribution in [0.5, 0.6) is 0 Å². The van der Waals surface area contributed by atoms with Gasteiger partial charge in [-0.3, -0.25) is 4.90 Å². The molecule has 1 unspecified atom stereocenters. The molecule has 0 spiro atoms. The Morgan fingerprint density at radius 1 is 1.30 bits per heavy atom. The highest BCUT2D eigenvalue weighted by molar-refractivity contribution is 5.21. The Labute approximate surface area is 118 Å². The van der Waals surface area contributed by atoms with E-state index in [0.717, 1.165) is 19.2 Å². The summed E-state index contributed by atoms with van der Waals surface area (Å²) in [5.41, 5.74) is 0.0272. The number of ether oxygens (including phenoxy) is 1. The quantitative estimate of drug-likeness (QED) is 0.922. The van der Waals surface area contributed by atoms with Crippen LogP contribution in [-0.4, -0.2) is 41.8 Å². The first-order chi connectivity index (χ1) is 9.47. The third kappa shape index (κ3) is 3.75. The van der Waals surface area contributed by atoms with Crippen molar-refractivity contribution in [2.75, 3.05) is 19.6 Å². The van der Waals surface area contributed by atoms with Crippen LogP contribution in [0.15, 0.2) is 18.2 Å². The third-order valence-corrected chi connectivity index (χ3v) is 3.55. The van der Waals surface area contributed by atoms with E-state index in [-0.39, 0.29) is 17.8 Å². The standard InChI is InChI=1S/C15H21F2NO2/c1-10-8-18(9-11(2)20-10)7-6-14(19)12-4-3-5-13(16)15(12)17/h3-5,10-11,14,19H,6-9H2,1-2H3/t10-,11+,14?. The minimum atomic E-state index is -0.987. The predicted octanol–water partition coefficient (Wildman–Crippen LogP) is 2.50. The lowest BCUT2D eigenvalue weighted by molar-refractivity contribution is -0.0703. The summed E-state index contributed by atoms with van der Waals surface area (Å²) in [7, 11) is 0. The number of hydrogen-bond acceptors (Lipinski definition) is 3. The van der Waals surface area contributed by atoms with E-state index in [0.29, 0.717) is 13.0 Å². The van der Waals surface area contributed by atoms with Crippen LogP contribution >= 0.6 is 0 Å². The molecule has 0 aromatic heterocycles. The Morgan fingerprint density at radius 3 is 2.60 bits per heavy atom. The average Bonchev–Trinajstić information content (AvgIpc) is 2.38. The number of nitrogens with zero attached hydrogens (tertiary/aromatic N) is 1. The molecule has 1 aromatic carbocycles. The lowest BCUT2D eigenvalue weighted by atomic mass is 10.0. The van der Waals surface area contributed by atoms with Gasteiger partial charge in [-0.2, -0.15) is 0 Å². The fourth-order valence-corrected chi connectivity index (χ4v) is 2.71. The lowest BCUT2D eigenvalue weighted by Gasteiger charge is -2.35. The zero-order valence-corrected chi connectivity index (χ0v) is 11.9. The Kier molecular flexibility index (Phi) is 5.07. The van der Waals surface area contributed by atoms with E-state index in [1.54, 1.807) is 0 Å². The first-order valence-electron chi connectivity index (χ1n) is 6.97. The summed E-state index contributed by atoms with van der Waals surface area (Å²) >= 11 is 0. The number of benzene rings is 1. The van der Waals surface area contributed by atoms with Crippen LogP contribution in [0.3, 0.4) is 0 Å². The number of hydrogen-bond donors (Lipinski definition) is 1. The summed E-state index contributed by atoms with van der Waals surface area (Å²) in [6.45, 7) is 6.23. The molecule has 112 valence electrons. The average molecular weight is 285 g/mol. The summed E-state index contributed by atoms with van der Waals surface area (Å²) in [4.78, 5) is 2.18. The Bertz CT molecular complexity index is 445. The van der Waals surface area contributed by atoms with Crippen molar-refractivity contribution >= 4 is 0 Å². The van der Waals surface area contributed by atoms with E-state index < -0.39 is 17.7 Å². The van der Waals surface area contributed by atoms with Crippen molar-refractivity contribution in [2.45, 2.75) is 38.6 Å². The van der Waals surface area contributed by atoms with Crippen molar-refractivity contribution in [1.29, 1.82) is 0 Å². The van der Waals surface area contributed by atoms with Crippen molar-refractivity contribution in [3.8, 4) is 0 Å². The molecule has 0 aliphatic carbocycles. The maximum absolute atomic E-state index is 13.6. The van der Waals surface area contributed by atoms with E-state index in [1.165, 1.54) is 12.1 Å². The molecule has 1 saturated heterocycles. The highest BCUT2D eigenvalue weighted by atomic mass is 19.2. The maximum atomic E-state index is 13.6. The summed E-state index contributed by atoms with van der Waals surface area (Å²) in [5, 5.41) is 10.0. The fraction of sp³-hybridized carbons (Fsp3) is 0.600. The molecule has 1 aromatic rings. The van der Waals surface area contributed by atoms with Crippen molar-refractivity contribution in [3.05, 3.63) is 35.4 Å². The molecule has 0 bridgehead atoms. The Balaban J connectivity index is 1.91. The molecule has 3 nitrogen and oxygen atoms in total. The molecule has 0 saturated carbocycles. The molecule has 3 atom stereocenters. The third-order valence-electron chi connectivity index (χ3n) is 3.55. The minimum Gasteiger partial charge on any atom is -0.388 e. The summed E-state index contributed by atoms with van der Waals surface area (Å²) in [6, 6.07) is 3.89. The summed E-state index contributed by atoms with van der Waals surface area (Å²) < 4.78 is 32.3. The van der Waals surface area contributed by atoms with Crippen LogP contribution in [0.25, 0.3) is 0 Å². The molecule has 20 heavy (non-hydrogen) atoms. The number of aliphatic hydroxyl groups is 1. The van der Waals surface area contributed by atoms with Gasteiger partial charge < -0.3 is 9.84 Å². The van der Waals surface area contributed by atoms with E-state index in [9.17, 15) is 13.9 Å². The van der Waals surface area contributed by atoms with E-state index >= 15 is 0 Å². The number of morpholine rings is 1. The molecule has 1 aliphatic rings. The summed E-state index contributed by atoms with van der Waals surface area (Å²) in [5.74, 6) is -1.88. The Morgan fingerprint density at radius 2 is 1.95 bits per heavy atom.